The third-order valence-electron chi connectivity index (χ3n) is 2.40. The summed E-state index contributed by atoms with van der Waals surface area (Å²) in [6.45, 7) is 2.68. The van der Waals surface area contributed by atoms with Crippen LogP contribution in [-0.2, 0) is 11.3 Å². The summed E-state index contributed by atoms with van der Waals surface area (Å²) in [5.41, 5.74) is 2.25. The van der Waals surface area contributed by atoms with E-state index in [1.807, 2.05) is 17.7 Å². The molecule has 0 saturated carbocycles. The van der Waals surface area contributed by atoms with Crippen molar-refractivity contribution in [3.8, 4) is 0 Å². The summed E-state index contributed by atoms with van der Waals surface area (Å²) in [6, 6.07) is -0.253. The maximum absolute atomic E-state index is 11.6. The van der Waals surface area contributed by atoms with Crippen LogP contribution in [0.4, 0.5) is 4.79 Å². The van der Waals surface area contributed by atoms with Gasteiger partial charge in [0.1, 0.15) is 0 Å². The fourth-order valence-electron chi connectivity index (χ4n) is 1.24. The molecule has 2 N–H and O–H groups in total. The van der Waals surface area contributed by atoms with Crippen molar-refractivity contribution in [1.29, 1.82) is 0 Å². The molecule has 5 nitrogen and oxygen atoms in total. The largest absolute Gasteiger partial charge is 0.481 e. The molecular formula is C11H16N2O3S. The Bertz CT molecular complexity index is 403. The van der Waals surface area contributed by atoms with E-state index in [1.54, 1.807) is 18.4 Å². The van der Waals surface area contributed by atoms with Crippen LogP contribution in [-0.4, -0.2) is 35.6 Å². The first-order valence-electron chi connectivity index (χ1n) is 5.23. The number of aliphatic carboxylic acids is 1. The number of thiophene rings is 1. The second kappa shape index (κ2) is 6.24. The third-order valence-corrected chi connectivity index (χ3v) is 3.31. The van der Waals surface area contributed by atoms with E-state index in [0.29, 0.717) is 6.54 Å². The number of carbonyl (C=O) groups is 2. The minimum absolute atomic E-state index is 0.0403. The Morgan fingerprint density at radius 3 is 2.71 bits per heavy atom. The second-order valence-corrected chi connectivity index (χ2v) is 4.55. The molecule has 0 aliphatic rings. The monoisotopic (exact) mass is 256 g/mol. The van der Waals surface area contributed by atoms with E-state index in [0.717, 1.165) is 11.1 Å². The molecule has 1 aromatic heterocycles. The molecule has 0 aliphatic heterocycles. The molecule has 1 heterocycles. The van der Waals surface area contributed by atoms with Gasteiger partial charge in [0.2, 0.25) is 0 Å². The van der Waals surface area contributed by atoms with Gasteiger partial charge in [-0.15, -0.1) is 0 Å². The smallest absolute Gasteiger partial charge is 0.317 e. The number of aryl methyl sites for hydroxylation is 1. The van der Waals surface area contributed by atoms with Crippen LogP contribution < -0.4 is 5.32 Å². The third kappa shape index (κ3) is 4.44. The van der Waals surface area contributed by atoms with Crippen LogP contribution in [0.25, 0.3) is 0 Å². The summed E-state index contributed by atoms with van der Waals surface area (Å²) in [5.74, 6) is -0.904. The average molecular weight is 256 g/mol. The van der Waals surface area contributed by atoms with Gasteiger partial charge in [0.15, 0.2) is 0 Å². The molecule has 0 aromatic carbocycles. The fraction of sp³-hybridized carbons (Fsp3) is 0.455. The van der Waals surface area contributed by atoms with E-state index in [1.165, 1.54) is 4.90 Å². The van der Waals surface area contributed by atoms with Crippen LogP contribution in [0.1, 0.15) is 17.5 Å². The van der Waals surface area contributed by atoms with Crippen molar-refractivity contribution in [1.82, 2.24) is 10.2 Å². The van der Waals surface area contributed by atoms with Gasteiger partial charge in [0, 0.05) is 20.1 Å². The molecule has 6 heteroatoms. The highest BCUT2D eigenvalue weighted by Crippen LogP contribution is 2.12. The molecule has 1 rings (SSSR count). The molecular weight excluding hydrogens is 240 g/mol. The topological polar surface area (TPSA) is 69.6 Å². The van der Waals surface area contributed by atoms with Gasteiger partial charge < -0.3 is 15.3 Å². The Morgan fingerprint density at radius 2 is 2.18 bits per heavy atom. The van der Waals surface area contributed by atoms with Crippen LogP contribution in [0.5, 0.6) is 0 Å². The lowest BCUT2D eigenvalue weighted by atomic mass is 10.2. The number of urea groups is 1. The van der Waals surface area contributed by atoms with Gasteiger partial charge >= 0.3 is 12.0 Å². The number of carbonyl (C=O) groups excluding carboxylic acids is 1. The van der Waals surface area contributed by atoms with E-state index in [2.05, 4.69) is 5.32 Å². The first kappa shape index (κ1) is 13.5. The lowest BCUT2D eigenvalue weighted by Crippen LogP contribution is -2.38. The Hall–Kier alpha value is -1.56. The van der Waals surface area contributed by atoms with Crippen molar-refractivity contribution in [2.75, 3.05) is 13.6 Å². The highest BCUT2D eigenvalue weighted by Gasteiger charge is 2.10. The molecule has 0 saturated heterocycles. The predicted octanol–water partition coefficient (Wildman–Crippen LogP) is 1.67. The second-order valence-electron chi connectivity index (χ2n) is 3.80. The predicted molar refractivity (Wildman–Crippen MR) is 66.2 cm³/mol. The SMILES string of the molecule is Cc1cscc1CNC(=O)N(C)CCC(=O)O. The molecule has 17 heavy (non-hydrogen) atoms. The Kier molecular flexibility index (Phi) is 4.96. The minimum Gasteiger partial charge on any atom is -0.481 e. The number of amides is 2. The molecule has 2 amide bonds. The molecule has 94 valence electrons. The number of hydrogen-bond acceptors (Lipinski definition) is 3. The van der Waals surface area contributed by atoms with Gasteiger partial charge in [-0.25, -0.2) is 4.79 Å². The van der Waals surface area contributed by atoms with E-state index < -0.39 is 5.97 Å². The number of nitrogens with one attached hydrogen (secondary N) is 1. The highest BCUT2D eigenvalue weighted by atomic mass is 32.1. The zero-order valence-electron chi connectivity index (χ0n) is 9.90. The Balaban J connectivity index is 2.34. The number of carboxylic acid groups (broad SMARTS) is 1. The summed E-state index contributed by atoms with van der Waals surface area (Å²) in [7, 11) is 1.58. The van der Waals surface area contributed by atoms with Gasteiger partial charge in [0.05, 0.1) is 6.42 Å². The van der Waals surface area contributed by atoms with Gasteiger partial charge in [-0.2, -0.15) is 11.3 Å². The number of carboxylic acids is 1. The molecule has 0 bridgehead atoms. The van der Waals surface area contributed by atoms with Crippen LogP contribution in [0.2, 0.25) is 0 Å². The summed E-state index contributed by atoms with van der Waals surface area (Å²) in [4.78, 5) is 23.3. The van der Waals surface area contributed by atoms with Crippen molar-refractivity contribution in [3.63, 3.8) is 0 Å². The summed E-state index contributed by atoms with van der Waals surface area (Å²) in [5, 5.41) is 15.3. The van der Waals surface area contributed by atoms with Gasteiger partial charge in [-0.3, -0.25) is 4.79 Å². The summed E-state index contributed by atoms with van der Waals surface area (Å²) < 4.78 is 0. The van der Waals surface area contributed by atoms with Gasteiger partial charge in [0.25, 0.3) is 0 Å². The van der Waals surface area contributed by atoms with Crippen molar-refractivity contribution < 1.29 is 14.7 Å². The van der Waals surface area contributed by atoms with Gasteiger partial charge in [-0.1, -0.05) is 0 Å². The first-order chi connectivity index (χ1) is 8.00. The van der Waals surface area contributed by atoms with E-state index >= 15 is 0 Å². The number of nitrogens with zero attached hydrogens (tertiary/aromatic N) is 1. The normalized spacial score (nSPS) is 10.0. The first-order valence-corrected chi connectivity index (χ1v) is 6.17. The summed E-state index contributed by atoms with van der Waals surface area (Å²) in [6.07, 6.45) is -0.0403. The molecule has 1 aromatic rings. The molecule has 0 radical (unpaired) electrons. The molecule has 0 spiro atoms. The highest BCUT2D eigenvalue weighted by molar-refractivity contribution is 7.08. The van der Waals surface area contributed by atoms with Crippen molar-refractivity contribution in [2.45, 2.75) is 19.9 Å². The van der Waals surface area contributed by atoms with Crippen molar-refractivity contribution in [3.05, 3.63) is 21.9 Å². The minimum atomic E-state index is -0.904. The lowest BCUT2D eigenvalue weighted by Gasteiger charge is -2.16. The van der Waals surface area contributed by atoms with E-state index in [4.69, 9.17) is 5.11 Å². The zero-order chi connectivity index (χ0) is 12.8. The van der Waals surface area contributed by atoms with Crippen molar-refractivity contribution in [2.24, 2.45) is 0 Å². The lowest BCUT2D eigenvalue weighted by molar-refractivity contribution is -0.137. The van der Waals surface area contributed by atoms with Crippen molar-refractivity contribution >= 4 is 23.3 Å². The van der Waals surface area contributed by atoms with Crippen LogP contribution in [0, 0.1) is 6.92 Å². The van der Waals surface area contributed by atoms with Crippen LogP contribution in [0.3, 0.4) is 0 Å². The molecule has 0 atom stereocenters. The quantitative estimate of drug-likeness (QED) is 0.842. The molecule has 0 aliphatic carbocycles. The fourth-order valence-corrected chi connectivity index (χ4v) is 2.10. The van der Waals surface area contributed by atoms with E-state index in [-0.39, 0.29) is 19.0 Å². The van der Waals surface area contributed by atoms with E-state index in [9.17, 15) is 9.59 Å². The van der Waals surface area contributed by atoms with Gasteiger partial charge in [-0.05, 0) is 28.8 Å². The Morgan fingerprint density at radius 1 is 1.47 bits per heavy atom. The average Bonchev–Trinajstić information content (AvgIpc) is 2.68. The summed E-state index contributed by atoms with van der Waals surface area (Å²) >= 11 is 1.60. The molecule has 0 unspecified atom stereocenters. The number of rotatable bonds is 5. The maximum Gasteiger partial charge on any atom is 0.317 e. The van der Waals surface area contributed by atoms with Crippen LogP contribution >= 0.6 is 11.3 Å². The standard InChI is InChI=1S/C11H16N2O3S/c1-8-6-17-7-9(8)5-12-11(16)13(2)4-3-10(14)15/h6-7H,3-5H2,1-2H3,(H,12,16)(H,14,15). The zero-order valence-corrected chi connectivity index (χ0v) is 10.7. The van der Waals surface area contributed by atoms with Crippen LogP contribution in [0.15, 0.2) is 10.8 Å². The maximum atomic E-state index is 11.6. The molecule has 0 fully saturated rings. The Labute approximate surface area is 104 Å². The number of hydrogen-bond donors (Lipinski definition) is 2.